The SMILES string of the molecule is CC(C)[C@@H](NC(=O)CNC(=O)c1ccccc1F)C(=O)O. The Morgan fingerprint density at radius 1 is 1.24 bits per heavy atom. The molecule has 7 heteroatoms. The first-order valence-corrected chi connectivity index (χ1v) is 6.37. The fourth-order valence-electron chi connectivity index (χ4n) is 1.64. The molecule has 0 bridgehead atoms. The smallest absolute Gasteiger partial charge is 0.326 e. The molecule has 2 amide bonds. The predicted molar refractivity (Wildman–Crippen MR) is 73.1 cm³/mol. The molecule has 0 aliphatic rings. The van der Waals surface area contributed by atoms with Crippen molar-refractivity contribution in [3.63, 3.8) is 0 Å². The van der Waals surface area contributed by atoms with Crippen LogP contribution in [0.1, 0.15) is 24.2 Å². The molecule has 0 aliphatic heterocycles. The van der Waals surface area contributed by atoms with E-state index in [1.54, 1.807) is 13.8 Å². The van der Waals surface area contributed by atoms with Crippen LogP contribution in [0.5, 0.6) is 0 Å². The Morgan fingerprint density at radius 3 is 2.38 bits per heavy atom. The van der Waals surface area contributed by atoms with Crippen molar-refractivity contribution in [2.45, 2.75) is 19.9 Å². The minimum Gasteiger partial charge on any atom is -0.480 e. The molecule has 21 heavy (non-hydrogen) atoms. The largest absolute Gasteiger partial charge is 0.480 e. The molecule has 0 unspecified atom stereocenters. The summed E-state index contributed by atoms with van der Waals surface area (Å²) in [7, 11) is 0. The van der Waals surface area contributed by atoms with Crippen molar-refractivity contribution in [2.24, 2.45) is 5.92 Å². The number of nitrogens with one attached hydrogen (secondary N) is 2. The van der Waals surface area contributed by atoms with Gasteiger partial charge in [0.05, 0.1) is 12.1 Å². The molecule has 114 valence electrons. The zero-order valence-corrected chi connectivity index (χ0v) is 11.7. The molecule has 6 nitrogen and oxygen atoms in total. The molecule has 0 saturated heterocycles. The first kappa shape index (κ1) is 16.6. The summed E-state index contributed by atoms with van der Waals surface area (Å²) in [4.78, 5) is 34.2. The molecule has 0 heterocycles. The summed E-state index contributed by atoms with van der Waals surface area (Å²) >= 11 is 0. The van der Waals surface area contributed by atoms with E-state index in [0.29, 0.717) is 0 Å². The summed E-state index contributed by atoms with van der Waals surface area (Å²) in [5, 5.41) is 13.5. The highest BCUT2D eigenvalue weighted by Crippen LogP contribution is 2.05. The van der Waals surface area contributed by atoms with Crippen molar-refractivity contribution in [1.29, 1.82) is 0 Å². The molecule has 1 atom stereocenters. The van der Waals surface area contributed by atoms with Crippen LogP contribution in [0.15, 0.2) is 24.3 Å². The third-order valence-corrected chi connectivity index (χ3v) is 2.78. The second-order valence-corrected chi connectivity index (χ2v) is 4.79. The first-order chi connectivity index (χ1) is 9.82. The van der Waals surface area contributed by atoms with E-state index < -0.39 is 36.2 Å². The van der Waals surface area contributed by atoms with E-state index in [2.05, 4.69) is 10.6 Å². The molecule has 0 aliphatic carbocycles. The summed E-state index contributed by atoms with van der Waals surface area (Å²) in [5.74, 6) is -3.53. The quantitative estimate of drug-likeness (QED) is 0.723. The molecule has 0 spiro atoms. The maximum atomic E-state index is 13.3. The molecule has 3 N–H and O–H groups in total. The number of aliphatic carboxylic acids is 1. The van der Waals surface area contributed by atoms with Gasteiger partial charge in [-0.05, 0) is 18.1 Å². The second-order valence-electron chi connectivity index (χ2n) is 4.79. The van der Waals surface area contributed by atoms with Crippen molar-refractivity contribution in [1.82, 2.24) is 10.6 Å². The van der Waals surface area contributed by atoms with Crippen LogP contribution < -0.4 is 10.6 Å². The maximum Gasteiger partial charge on any atom is 0.326 e. The molecular weight excluding hydrogens is 279 g/mol. The van der Waals surface area contributed by atoms with Gasteiger partial charge < -0.3 is 15.7 Å². The van der Waals surface area contributed by atoms with Gasteiger partial charge in [-0.15, -0.1) is 0 Å². The summed E-state index contributed by atoms with van der Waals surface area (Å²) < 4.78 is 13.3. The number of carboxylic acid groups (broad SMARTS) is 1. The lowest BCUT2D eigenvalue weighted by atomic mass is 10.1. The van der Waals surface area contributed by atoms with E-state index in [9.17, 15) is 18.8 Å². The van der Waals surface area contributed by atoms with Gasteiger partial charge in [0.15, 0.2) is 0 Å². The first-order valence-electron chi connectivity index (χ1n) is 6.37. The van der Waals surface area contributed by atoms with Gasteiger partial charge in [0.25, 0.3) is 5.91 Å². The molecule has 0 radical (unpaired) electrons. The Bertz CT molecular complexity index is 546. The minimum absolute atomic E-state index is 0.177. The number of benzene rings is 1. The fourth-order valence-corrected chi connectivity index (χ4v) is 1.64. The van der Waals surface area contributed by atoms with Crippen LogP contribution >= 0.6 is 0 Å². The van der Waals surface area contributed by atoms with E-state index >= 15 is 0 Å². The van der Waals surface area contributed by atoms with Crippen LogP contribution in [-0.4, -0.2) is 35.5 Å². The Hall–Kier alpha value is -2.44. The van der Waals surface area contributed by atoms with Crippen LogP contribution in [0.3, 0.4) is 0 Å². The molecule has 1 rings (SSSR count). The zero-order chi connectivity index (χ0) is 16.0. The topological polar surface area (TPSA) is 95.5 Å². The van der Waals surface area contributed by atoms with Gasteiger partial charge in [0, 0.05) is 0 Å². The van der Waals surface area contributed by atoms with Crippen LogP contribution in [0.2, 0.25) is 0 Å². The van der Waals surface area contributed by atoms with Crippen LogP contribution in [0.25, 0.3) is 0 Å². The van der Waals surface area contributed by atoms with Gasteiger partial charge in [-0.2, -0.15) is 0 Å². The number of halogens is 1. The van der Waals surface area contributed by atoms with Crippen molar-refractivity contribution in [2.75, 3.05) is 6.54 Å². The summed E-state index contributed by atoms with van der Waals surface area (Å²) in [6.45, 7) is 2.87. The van der Waals surface area contributed by atoms with Gasteiger partial charge in [-0.1, -0.05) is 26.0 Å². The number of carbonyl (C=O) groups is 3. The normalized spacial score (nSPS) is 11.8. The lowest BCUT2D eigenvalue weighted by molar-refractivity contribution is -0.142. The number of carboxylic acids is 1. The van der Waals surface area contributed by atoms with Crippen molar-refractivity contribution in [3.05, 3.63) is 35.6 Å². The maximum absolute atomic E-state index is 13.3. The zero-order valence-electron chi connectivity index (χ0n) is 11.7. The van der Waals surface area contributed by atoms with Gasteiger partial charge >= 0.3 is 5.97 Å². The average Bonchev–Trinajstić information content (AvgIpc) is 2.42. The van der Waals surface area contributed by atoms with Crippen molar-refractivity contribution < 1.29 is 23.9 Å². The highest BCUT2D eigenvalue weighted by Gasteiger charge is 2.23. The summed E-state index contributed by atoms with van der Waals surface area (Å²) in [6, 6.07) is 4.32. The van der Waals surface area contributed by atoms with Gasteiger partial charge in [-0.3, -0.25) is 9.59 Å². The van der Waals surface area contributed by atoms with Gasteiger partial charge in [0.2, 0.25) is 5.91 Å². The Balaban J connectivity index is 2.55. The van der Waals surface area contributed by atoms with E-state index in [-0.39, 0.29) is 11.5 Å². The van der Waals surface area contributed by atoms with E-state index in [0.717, 1.165) is 6.07 Å². The lowest BCUT2D eigenvalue weighted by Gasteiger charge is -2.18. The monoisotopic (exact) mass is 296 g/mol. The Morgan fingerprint density at radius 2 is 1.86 bits per heavy atom. The molecule has 1 aromatic carbocycles. The van der Waals surface area contributed by atoms with Crippen molar-refractivity contribution in [3.8, 4) is 0 Å². The fraction of sp³-hybridized carbons (Fsp3) is 0.357. The van der Waals surface area contributed by atoms with E-state index in [1.807, 2.05) is 0 Å². The molecule has 0 fully saturated rings. The number of hydrogen-bond acceptors (Lipinski definition) is 3. The third kappa shape index (κ3) is 4.87. The van der Waals surface area contributed by atoms with Crippen LogP contribution in [0, 0.1) is 11.7 Å². The van der Waals surface area contributed by atoms with Crippen LogP contribution in [-0.2, 0) is 9.59 Å². The van der Waals surface area contributed by atoms with Crippen LogP contribution in [0.4, 0.5) is 4.39 Å². The summed E-state index contributed by atoms with van der Waals surface area (Å²) in [5.41, 5.74) is -0.177. The number of rotatable bonds is 6. The number of carbonyl (C=O) groups excluding carboxylic acids is 2. The van der Waals surface area contributed by atoms with Crippen molar-refractivity contribution >= 4 is 17.8 Å². The number of amides is 2. The molecule has 0 saturated carbocycles. The Kier molecular flexibility index (Phi) is 5.83. The second kappa shape index (κ2) is 7.37. The minimum atomic E-state index is -1.15. The predicted octanol–water partition coefficient (Wildman–Crippen LogP) is 0.781. The van der Waals surface area contributed by atoms with Gasteiger partial charge in [-0.25, -0.2) is 9.18 Å². The van der Waals surface area contributed by atoms with E-state index in [4.69, 9.17) is 5.11 Å². The molecule has 0 aromatic heterocycles. The third-order valence-electron chi connectivity index (χ3n) is 2.78. The number of hydrogen-bond donors (Lipinski definition) is 3. The molecule has 1 aromatic rings. The average molecular weight is 296 g/mol. The Labute approximate surface area is 121 Å². The van der Waals surface area contributed by atoms with E-state index in [1.165, 1.54) is 18.2 Å². The lowest BCUT2D eigenvalue weighted by Crippen LogP contribution is -2.48. The highest BCUT2D eigenvalue weighted by molar-refractivity contribution is 5.97. The standard InChI is InChI=1S/C14H17FN2O4/c1-8(2)12(14(20)21)17-11(18)7-16-13(19)9-5-3-4-6-10(9)15/h3-6,8,12H,7H2,1-2H3,(H,16,19)(H,17,18)(H,20,21)/t12-/m1/s1. The molecular formula is C14H17FN2O4. The van der Waals surface area contributed by atoms with Gasteiger partial charge in [0.1, 0.15) is 11.9 Å². The summed E-state index contributed by atoms with van der Waals surface area (Å²) in [6.07, 6.45) is 0. The highest BCUT2D eigenvalue weighted by atomic mass is 19.1.